The first-order chi connectivity index (χ1) is 14.7. The Morgan fingerprint density at radius 2 is 1.27 bits per heavy atom. The number of carbonyl (C=O) groups is 1. The Balaban J connectivity index is 1.72. The molecule has 0 aliphatic rings. The molecule has 0 fully saturated rings. The monoisotopic (exact) mass is 544 g/mol. The number of carbonyl (C=O) groups excluding carboxylic acids is 1. The molecule has 30 heavy (non-hydrogen) atoms. The number of aromatic nitrogens is 3. The number of ether oxygens (including phenoxy) is 6. The molecule has 1 aromatic heterocycles. The number of halogens is 1. The normalized spacial score (nSPS) is 11.3. The SMILES string of the molecule is CNCCOCCOCCOCCOCCOCCOCCn1cc(C(=O)I)nn1. The Hall–Kier alpha value is -0.740. The standard InChI is InChI=1S/C18H33IN4O7/c1-20-2-4-25-6-8-27-10-12-29-14-15-30-13-11-28-9-7-26-5-3-23-16-17(18(19)24)21-22-23/h16,20H,2-15H2,1H3. The molecule has 0 atom stereocenters. The van der Waals surface area contributed by atoms with Gasteiger partial charge >= 0.3 is 0 Å². The Morgan fingerprint density at radius 3 is 1.67 bits per heavy atom. The van der Waals surface area contributed by atoms with E-state index in [9.17, 15) is 4.79 Å². The van der Waals surface area contributed by atoms with Crippen molar-refractivity contribution in [2.45, 2.75) is 6.54 Å². The number of rotatable bonds is 22. The summed E-state index contributed by atoms with van der Waals surface area (Å²) in [6, 6.07) is 0. The summed E-state index contributed by atoms with van der Waals surface area (Å²) in [6.45, 7) is 7.84. The fourth-order valence-corrected chi connectivity index (χ4v) is 2.28. The maximum absolute atomic E-state index is 11.1. The quantitative estimate of drug-likeness (QED) is 0.123. The molecule has 0 amide bonds. The van der Waals surface area contributed by atoms with E-state index in [2.05, 4.69) is 15.6 Å². The van der Waals surface area contributed by atoms with Crippen LogP contribution < -0.4 is 5.32 Å². The van der Waals surface area contributed by atoms with Gasteiger partial charge in [0, 0.05) is 29.1 Å². The van der Waals surface area contributed by atoms with Gasteiger partial charge in [0.15, 0.2) is 5.69 Å². The highest BCUT2D eigenvalue weighted by molar-refractivity contribution is 14.1. The summed E-state index contributed by atoms with van der Waals surface area (Å²) in [4.78, 5) is 11.1. The zero-order valence-corrected chi connectivity index (χ0v) is 19.7. The van der Waals surface area contributed by atoms with E-state index in [0.717, 1.165) is 6.54 Å². The molecule has 0 unspecified atom stereocenters. The topological polar surface area (TPSA) is 115 Å². The lowest BCUT2D eigenvalue weighted by molar-refractivity contribution is -0.0169. The van der Waals surface area contributed by atoms with E-state index in [1.807, 2.05) is 7.05 Å². The molecule has 0 aromatic carbocycles. The van der Waals surface area contributed by atoms with Gasteiger partial charge in [-0.3, -0.25) is 4.79 Å². The molecule has 0 radical (unpaired) electrons. The fraction of sp³-hybridized carbons (Fsp3) is 0.833. The van der Waals surface area contributed by atoms with Gasteiger partial charge in [-0.2, -0.15) is 0 Å². The molecular weight excluding hydrogens is 511 g/mol. The molecule has 11 nitrogen and oxygen atoms in total. The van der Waals surface area contributed by atoms with E-state index >= 15 is 0 Å². The van der Waals surface area contributed by atoms with Gasteiger partial charge in [0.05, 0.1) is 92.0 Å². The Morgan fingerprint density at radius 1 is 0.833 bits per heavy atom. The molecule has 0 aliphatic carbocycles. The molecule has 0 spiro atoms. The first-order valence-corrected chi connectivity index (χ1v) is 11.0. The summed E-state index contributed by atoms with van der Waals surface area (Å²) < 4.78 is 33.9. The molecule has 1 rings (SSSR count). The Labute approximate surface area is 191 Å². The lowest BCUT2D eigenvalue weighted by atomic mass is 10.5. The molecule has 174 valence electrons. The van der Waals surface area contributed by atoms with Crippen LogP contribution in [0.5, 0.6) is 0 Å². The third kappa shape index (κ3) is 16.0. The number of hydrogen-bond acceptors (Lipinski definition) is 10. The maximum Gasteiger partial charge on any atom is 0.244 e. The van der Waals surface area contributed by atoms with E-state index in [1.165, 1.54) is 0 Å². The van der Waals surface area contributed by atoms with Crippen LogP contribution in [-0.4, -0.2) is 112 Å². The minimum atomic E-state index is -0.131. The highest BCUT2D eigenvalue weighted by atomic mass is 127. The van der Waals surface area contributed by atoms with Crippen LogP contribution in [0.25, 0.3) is 0 Å². The summed E-state index contributed by atoms with van der Waals surface area (Å²) in [6.07, 6.45) is 1.60. The first-order valence-electron chi connectivity index (χ1n) is 9.95. The van der Waals surface area contributed by atoms with Crippen molar-refractivity contribution in [1.29, 1.82) is 0 Å². The smallest absolute Gasteiger partial charge is 0.244 e. The van der Waals surface area contributed by atoms with Crippen LogP contribution in [0, 0.1) is 0 Å². The van der Waals surface area contributed by atoms with Gasteiger partial charge in [-0.25, -0.2) is 4.68 Å². The third-order valence-corrected chi connectivity index (χ3v) is 4.11. The zero-order chi connectivity index (χ0) is 21.7. The van der Waals surface area contributed by atoms with Crippen LogP contribution in [0.4, 0.5) is 0 Å². The Bertz CT molecular complexity index is 536. The van der Waals surface area contributed by atoms with Crippen molar-refractivity contribution in [3.8, 4) is 0 Å². The summed E-state index contributed by atoms with van der Waals surface area (Å²) in [5, 5.41) is 10.6. The minimum absolute atomic E-state index is 0.131. The predicted octanol–water partition coefficient (Wildman–Crippen LogP) is 0.172. The van der Waals surface area contributed by atoms with Gasteiger partial charge in [-0.05, 0) is 7.05 Å². The van der Waals surface area contributed by atoms with E-state index in [1.54, 1.807) is 33.5 Å². The summed E-state index contributed by atoms with van der Waals surface area (Å²) in [7, 11) is 1.89. The zero-order valence-electron chi connectivity index (χ0n) is 17.6. The van der Waals surface area contributed by atoms with Crippen LogP contribution in [0.3, 0.4) is 0 Å². The summed E-state index contributed by atoms with van der Waals surface area (Å²) >= 11 is 1.68. The van der Waals surface area contributed by atoms with Crippen LogP contribution in [0.2, 0.25) is 0 Å². The molecule has 12 heteroatoms. The molecule has 1 heterocycles. The van der Waals surface area contributed by atoms with E-state index < -0.39 is 0 Å². The van der Waals surface area contributed by atoms with Gasteiger partial charge in [0.25, 0.3) is 0 Å². The second kappa shape index (κ2) is 20.2. The van der Waals surface area contributed by atoms with Crippen molar-refractivity contribution in [2.24, 2.45) is 0 Å². The largest absolute Gasteiger partial charge is 0.378 e. The van der Waals surface area contributed by atoms with E-state index in [4.69, 9.17) is 28.4 Å². The molecule has 0 aliphatic heterocycles. The van der Waals surface area contributed by atoms with Crippen molar-refractivity contribution >= 4 is 26.4 Å². The predicted molar refractivity (Wildman–Crippen MR) is 117 cm³/mol. The van der Waals surface area contributed by atoms with Gasteiger partial charge in [0.1, 0.15) is 0 Å². The van der Waals surface area contributed by atoms with Crippen LogP contribution in [0.15, 0.2) is 6.20 Å². The van der Waals surface area contributed by atoms with E-state index in [-0.39, 0.29) is 3.79 Å². The van der Waals surface area contributed by atoms with Crippen LogP contribution >= 0.6 is 22.6 Å². The number of hydrogen-bond donors (Lipinski definition) is 1. The summed E-state index contributed by atoms with van der Waals surface area (Å²) in [5.74, 6) is 0. The molecular formula is C18H33IN4O7. The maximum atomic E-state index is 11.1. The summed E-state index contributed by atoms with van der Waals surface area (Å²) in [5.41, 5.74) is 0.346. The van der Waals surface area contributed by atoms with Crippen molar-refractivity contribution in [3.05, 3.63) is 11.9 Å². The molecule has 0 bridgehead atoms. The Kier molecular flexibility index (Phi) is 18.4. The second-order valence-corrected chi connectivity index (χ2v) is 6.90. The third-order valence-electron chi connectivity index (χ3n) is 3.56. The highest BCUT2D eigenvalue weighted by Gasteiger charge is 2.06. The van der Waals surface area contributed by atoms with Crippen LogP contribution in [0.1, 0.15) is 10.5 Å². The van der Waals surface area contributed by atoms with Crippen molar-refractivity contribution in [2.75, 3.05) is 92.9 Å². The minimum Gasteiger partial charge on any atom is -0.378 e. The second-order valence-electron chi connectivity index (χ2n) is 5.92. The number of likely N-dealkylation sites (N-methyl/N-ethyl adjacent to an activating group) is 1. The van der Waals surface area contributed by atoms with Crippen LogP contribution in [-0.2, 0) is 35.0 Å². The first kappa shape index (κ1) is 27.3. The fourth-order valence-electron chi connectivity index (χ4n) is 2.03. The van der Waals surface area contributed by atoms with Crippen molar-refractivity contribution in [1.82, 2.24) is 20.3 Å². The number of nitrogens with one attached hydrogen (secondary N) is 1. The molecule has 1 N–H and O–H groups in total. The van der Waals surface area contributed by atoms with Gasteiger partial charge in [0.2, 0.25) is 3.79 Å². The molecule has 0 saturated carbocycles. The average molecular weight is 544 g/mol. The number of nitrogens with zero attached hydrogens (tertiary/aromatic N) is 3. The molecule has 1 aromatic rings. The van der Waals surface area contributed by atoms with Gasteiger partial charge < -0.3 is 33.7 Å². The highest BCUT2D eigenvalue weighted by Crippen LogP contribution is 2.00. The molecule has 0 saturated heterocycles. The lowest BCUT2D eigenvalue weighted by Crippen LogP contribution is -2.17. The van der Waals surface area contributed by atoms with Gasteiger partial charge in [-0.15, -0.1) is 5.10 Å². The van der Waals surface area contributed by atoms with E-state index in [0.29, 0.717) is 91.5 Å². The average Bonchev–Trinajstić information content (AvgIpc) is 3.22. The lowest BCUT2D eigenvalue weighted by Gasteiger charge is -2.08. The van der Waals surface area contributed by atoms with Gasteiger partial charge in [-0.1, -0.05) is 5.21 Å². The van der Waals surface area contributed by atoms with Crippen molar-refractivity contribution < 1.29 is 33.2 Å². The van der Waals surface area contributed by atoms with Crippen molar-refractivity contribution in [3.63, 3.8) is 0 Å².